The number of nitrogens with one attached hydrogen (secondary N) is 2. The first-order chi connectivity index (χ1) is 14.0. The molecule has 2 aromatic carbocycles. The molecule has 0 aliphatic carbocycles. The number of urea groups is 1. The Morgan fingerprint density at radius 1 is 1.21 bits per heavy atom. The topological polar surface area (TPSA) is 85.9 Å². The third-order valence-corrected chi connectivity index (χ3v) is 5.45. The summed E-state index contributed by atoms with van der Waals surface area (Å²) in [4.78, 5) is 25.0. The maximum Gasteiger partial charge on any atom is 0.338 e. The monoisotopic (exact) mass is 458 g/mol. The Hall–Kier alpha value is -3.00. The van der Waals surface area contributed by atoms with E-state index in [-0.39, 0.29) is 13.4 Å². The minimum atomic E-state index is -0.683. The van der Waals surface area contributed by atoms with E-state index in [4.69, 9.17) is 14.2 Å². The molecule has 2 N–H and O–H groups in total. The lowest BCUT2D eigenvalue weighted by atomic mass is 9.95. The number of carbonyl (C=O) groups excluding carboxylic acids is 2. The van der Waals surface area contributed by atoms with Gasteiger partial charge in [0.25, 0.3) is 0 Å². The molecule has 0 fully saturated rings. The first-order valence-corrected chi connectivity index (χ1v) is 9.90. The zero-order valence-corrected chi connectivity index (χ0v) is 17.2. The minimum absolute atomic E-state index is 0.132. The number of amides is 2. The Kier molecular flexibility index (Phi) is 5.44. The summed E-state index contributed by atoms with van der Waals surface area (Å²) in [6.45, 7) is 2.05. The van der Waals surface area contributed by atoms with Gasteiger partial charge in [-0.15, -0.1) is 0 Å². The summed E-state index contributed by atoms with van der Waals surface area (Å²) in [5.74, 6) is 0.680. The summed E-state index contributed by atoms with van der Waals surface area (Å²) >= 11 is 3.50. The highest BCUT2D eigenvalue weighted by Gasteiger charge is 2.34. The summed E-state index contributed by atoms with van der Waals surface area (Å²) in [7, 11) is 0. The second-order valence-corrected chi connectivity index (χ2v) is 7.52. The van der Waals surface area contributed by atoms with Crippen molar-refractivity contribution in [1.82, 2.24) is 10.6 Å². The Labute approximate surface area is 176 Å². The van der Waals surface area contributed by atoms with Gasteiger partial charge in [0.15, 0.2) is 11.5 Å². The molecule has 1 unspecified atom stereocenters. The molecular weight excluding hydrogens is 440 g/mol. The fraction of sp³-hybridized carbons (Fsp3) is 0.238. The highest BCUT2D eigenvalue weighted by molar-refractivity contribution is 9.10. The number of carbonyl (C=O) groups is 2. The molecule has 2 heterocycles. The number of benzene rings is 2. The lowest BCUT2D eigenvalue weighted by Crippen LogP contribution is -2.45. The lowest BCUT2D eigenvalue weighted by Gasteiger charge is -2.29. The van der Waals surface area contributed by atoms with E-state index in [2.05, 4.69) is 26.6 Å². The second-order valence-electron chi connectivity index (χ2n) is 6.67. The summed E-state index contributed by atoms with van der Waals surface area (Å²) in [5, 5.41) is 5.45. The molecule has 2 aromatic rings. The van der Waals surface area contributed by atoms with Crippen molar-refractivity contribution >= 4 is 27.9 Å². The minimum Gasteiger partial charge on any atom is -0.462 e. The molecule has 7 nitrogen and oxygen atoms in total. The first kappa shape index (κ1) is 19.3. The van der Waals surface area contributed by atoms with Crippen LogP contribution in [0.1, 0.15) is 24.1 Å². The van der Waals surface area contributed by atoms with Gasteiger partial charge in [0.1, 0.15) is 0 Å². The fourth-order valence-corrected chi connectivity index (χ4v) is 3.89. The third-order valence-electron chi connectivity index (χ3n) is 4.76. The van der Waals surface area contributed by atoms with Crippen LogP contribution in [0.5, 0.6) is 11.5 Å². The van der Waals surface area contributed by atoms with Gasteiger partial charge in [0, 0.05) is 16.6 Å². The van der Waals surface area contributed by atoms with E-state index in [1.165, 1.54) is 0 Å². The van der Waals surface area contributed by atoms with Crippen LogP contribution in [0.3, 0.4) is 0 Å². The standard InChI is InChI=1S/C21H19BrN2O5/c1-12-18(20(25)27-8-7-13-5-3-2-4-6-13)19(24-21(26)23-12)14-9-16-17(10-15(14)22)29-11-28-16/h2-6,9-10,19H,7-8,11H2,1H3,(H2,23,24,26). The first-order valence-electron chi connectivity index (χ1n) is 9.11. The maximum absolute atomic E-state index is 12.9. The molecule has 2 aliphatic rings. The van der Waals surface area contributed by atoms with E-state index in [0.717, 1.165) is 5.56 Å². The van der Waals surface area contributed by atoms with E-state index in [1.54, 1.807) is 19.1 Å². The van der Waals surface area contributed by atoms with Crippen LogP contribution in [-0.2, 0) is 16.0 Å². The van der Waals surface area contributed by atoms with Crippen molar-refractivity contribution in [1.29, 1.82) is 0 Å². The Balaban J connectivity index is 1.57. The Morgan fingerprint density at radius 3 is 2.69 bits per heavy atom. The number of rotatable bonds is 5. The number of hydrogen-bond donors (Lipinski definition) is 2. The van der Waals surface area contributed by atoms with Gasteiger partial charge in [-0.25, -0.2) is 9.59 Å². The highest BCUT2D eigenvalue weighted by Crippen LogP contribution is 2.41. The molecule has 8 heteroatoms. The number of halogens is 1. The molecule has 0 saturated heterocycles. The Bertz CT molecular complexity index is 990. The van der Waals surface area contributed by atoms with Crippen LogP contribution in [0.15, 0.2) is 58.2 Å². The number of fused-ring (bicyclic) bond motifs is 1. The zero-order valence-electron chi connectivity index (χ0n) is 15.7. The summed E-state index contributed by atoms with van der Waals surface area (Å²) in [6, 6.07) is 12.2. The van der Waals surface area contributed by atoms with Crippen LogP contribution in [0.2, 0.25) is 0 Å². The SMILES string of the molecule is CC1=C(C(=O)OCCc2ccccc2)C(c2cc3c(cc2Br)OCO3)NC(=O)N1. The molecule has 0 radical (unpaired) electrons. The average molecular weight is 459 g/mol. The van der Waals surface area contributed by atoms with Crippen LogP contribution < -0.4 is 20.1 Å². The zero-order chi connectivity index (χ0) is 20.4. The summed E-state index contributed by atoms with van der Waals surface area (Å²) in [5.41, 5.74) is 2.56. The van der Waals surface area contributed by atoms with Crippen LogP contribution in [0, 0.1) is 0 Å². The maximum atomic E-state index is 12.9. The summed E-state index contributed by atoms with van der Waals surface area (Å²) in [6.07, 6.45) is 0.608. The van der Waals surface area contributed by atoms with Crippen LogP contribution in [0.4, 0.5) is 4.79 Å². The van der Waals surface area contributed by atoms with E-state index in [0.29, 0.717) is 39.2 Å². The predicted octanol–water partition coefficient (Wildman–Crippen LogP) is 3.59. The van der Waals surface area contributed by atoms with Gasteiger partial charge in [-0.3, -0.25) is 0 Å². The molecule has 4 rings (SSSR count). The molecule has 1 atom stereocenters. The fourth-order valence-electron chi connectivity index (χ4n) is 3.34. The Morgan fingerprint density at radius 2 is 1.93 bits per heavy atom. The van der Waals surface area contributed by atoms with Gasteiger partial charge in [-0.1, -0.05) is 46.3 Å². The van der Waals surface area contributed by atoms with Crippen molar-refractivity contribution in [3.8, 4) is 11.5 Å². The lowest BCUT2D eigenvalue weighted by molar-refractivity contribution is -0.139. The van der Waals surface area contributed by atoms with Gasteiger partial charge in [-0.05, 0) is 30.2 Å². The molecule has 2 aliphatic heterocycles. The van der Waals surface area contributed by atoms with E-state index >= 15 is 0 Å². The molecule has 2 amide bonds. The second kappa shape index (κ2) is 8.16. The van der Waals surface area contributed by atoms with Gasteiger partial charge in [0.2, 0.25) is 6.79 Å². The number of allylic oxidation sites excluding steroid dienone is 1. The molecule has 0 aromatic heterocycles. The van der Waals surface area contributed by atoms with Crippen molar-refractivity contribution in [3.05, 3.63) is 69.3 Å². The molecule has 0 bridgehead atoms. The average Bonchev–Trinajstić information content (AvgIpc) is 3.14. The van der Waals surface area contributed by atoms with Gasteiger partial charge in [-0.2, -0.15) is 0 Å². The normalized spacial score (nSPS) is 17.6. The molecule has 29 heavy (non-hydrogen) atoms. The van der Waals surface area contributed by atoms with Crippen LogP contribution >= 0.6 is 15.9 Å². The van der Waals surface area contributed by atoms with Gasteiger partial charge < -0.3 is 24.8 Å². The van der Waals surface area contributed by atoms with Crippen molar-refractivity contribution in [2.75, 3.05) is 13.4 Å². The predicted molar refractivity (Wildman–Crippen MR) is 108 cm³/mol. The van der Waals surface area contributed by atoms with Gasteiger partial charge >= 0.3 is 12.0 Å². The molecule has 150 valence electrons. The molecule has 0 saturated carbocycles. The third kappa shape index (κ3) is 4.07. The summed E-state index contributed by atoms with van der Waals surface area (Å²) < 4.78 is 17.0. The van der Waals surface area contributed by atoms with Crippen LogP contribution in [0.25, 0.3) is 0 Å². The number of ether oxygens (including phenoxy) is 3. The van der Waals surface area contributed by atoms with Crippen molar-refractivity contribution in [2.24, 2.45) is 0 Å². The highest BCUT2D eigenvalue weighted by atomic mass is 79.9. The number of esters is 1. The van der Waals surface area contributed by atoms with Crippen molar-refractivity contribution < 1.29 is 23.8 Å². The molecular formula is C21H19BrN2O5. The smallest absolute Gasteiger partial charge is 0.338 e. The van der Waals surface area contributed by atoms with Crippen LogP contribution in [-0.4, -0.2) is 25.4 Å². The largest absolute Gasteiger partial charge is 0.462 e. The van der Waals surface area contributed by atoms with Gasteiger partial charge in [0.05, 0.1) is 18.2 Å². The quantitative estimate of drug-likeness (QED) is 0.668. The van der Waals surface area contributed by atoms with E-state index < -0.39 is 18.0 Å². The van der Waals surface area contributed by atoms with Crippen molar-refractivity contribution in [3.63, 3.8) is 0 Å². The van der Waals surface area contributed by atoms with Crippen molar-refractivity contribution in [2.45, 2.75) is 19.4 Å². The van der Waals surface area contributed by atoms with E-state index in [1.807, 2.05) is 30.3 Å². The van der Waals surface area contributed by atoms with E-state index in [9.17, 15) is 9.59 Å². The molecule has 0 spiro atoms. The number of hydrogen-bond acceptors (Lipinski definition) is 5.